The van der Waals surface area contributed by atoms with Gasteiger partial charge in [-0.05, 0) is 31.4 Å². The Balaban J connectivity index is 2.18. The van der Waals surface area contributed by atoms with Crippen LogP contribution in [0.15, 0.2) is 28.7 Å². The molecule has 0 aliphatic carbocycles. The summed E-state index contributed by atoms with van der Waals surface area (Å²) in [6, 6.07) is 10.3. The van der Waals surface area contributed by atoms with Gasteiger partial charge in [-0.25, -0.2) is 4.98 Å². The molecule has 3 rings (SSSR count). The Kier molecular flexibility index (Phi) is 2.92. The maximum atomic E-state index is 9.17. The fraction of sp³-hybridized carbons (Fsp3) is 0.286. The predicted molar refractivity (Wildman–Crippen MR) is 73.0 cm³/mol. The van der Waals surface area contributed by atoms with Crippen molar-refractivity contribution in [3.8, 4) is 17.5 Å². The van der Waals surface area contributed by atoms with Crippen LogP contribution < -0.4 is 0 Å². The van der Waals surface area contributed by atoms with Crippen molar-refractivity contribution in [2.24, 2.45) is 0 Å². The van der Waals surface area contributed by atoms with Crippen LogP contribution in [0.2, 0.25) is 0 Å². The van der Waals surface area contributed by atoms with E-state index in [-0.39, 0.29) is 0 Å². The van der Waals surface area contributed by atoms with E-state index in [9.17, 15) is 5.26 Å². The zero-order chi connectivity index (χ0) is 12.5. The SMILES string of the molecule is N#Cc1nc(-c2cccc(Br)c2)n2c1CCCC2. The van der Waals surface area contributed by atoms with Gasteiger partial charge in [0.2, 0.25) is 0 Å². The molecule has 0 unspecified atom stereocenters. The van der Waals surface area contributed by atoms with Gasteiger partial charge >= 0.3 is 0 Å². The van der Waals surface area contributed by atoms with E-state index >= 15 is 0 Å². The number of hydrogen-bond donors (Lipinski definition) is 0. The van der Waals surface area contributed by atoms with Crippen LogP contribution in [0.4, 0.5) is 0 Å². The fourth-order valence-corrected chi connectivity index (χ4v) is 2.88. The van der Waals surface area contributed by atoms with Crippen LogP contribution in [0.5, 0.6) is 0 Å². The Morgan fingerprint density at radius 2 is 2.22 bits per heavy atom. The molecule has 1 aromatic heterocycles. The molecule has 3 nitrogen and oxygen atoms in total. The Bertz CT molecular complexity index is 637. The molecule has 1 aliphatic heterocycles. The summed E-state index contributed by atoms with van der Waals surface area (Å²) in [7, 11) is 0. The van der Waals surface area contributed by atoms with Crippen molar-refractivity contribution in [3.05, 3.63) is 40.1 Å². The van der Waals surface area contributed by atoms with Crippen LogP contribution in [0.3, 0.4) is 0 Å². The number of hydrogen-bond acceptors (Lipinski definition) is 2. The van der Waals surface area contributed by atoms with E-state index in [1.54, 1.807) is 0 Å². The molecule has 2 heterocycles. The summed E-state index contributed by atoms with van der Waals surface area (Å²) in [4.78, 5) is 4.50. The first-order valence-corrected chi connectivity index (χ1v) is 6.84. The van der Waals surface area contributed by atoms with Gasteiger partial charge in [-0.15, -0.1) is 0 Å². The van der Waals surface area contributed by atoms with Crippen molar-refractivity contribution in [1.82, 2.24) is 9.55 Å². The van der Waals surface area contributed by atoms with E-state index in [0.717, 1.165) is 47.4 Å². The van der Waals surface area contributed by atoms with Gasteiger partial charge in [-0.2, -0.15) is 5.26 Å². The molecule has 1 aliphatic rings. The normalized spacial score (nSPS) is 14.0. The minimum atomic E-state index is 0.588. The third-order valence-electron chi connectivity index (χ3n) is 3.31. The minimum Gasteiger partial charge on any atom is -0.327 e. The minimum absolute atomic E-state index is 0.588. The van der Waals surface area contributed by atoms with Gasteiger partial charge in [0.15, 0.2) is 5.69 Å². The first-order valence-electron chi connectivity index (χ1n) is 6.05. The van der Waals surface area contributed by atoms with Gasteiger partial charge in [-0.1, -0.05) is 28.1 Å². The molecule has 0 saturated heterocycles. The van der Waals surface area contributed by atoms with Crippen molar-refractivity contribution in [2.45, 2.75) is 25.8 Å². The summed E-state index contributed by atoms with van der Waals surface area (Å²) < 4.78 is 3.23. The topological polar surface area (TPSA) is 41.6 Å². The molecule has 0 fully saturated rings. The second kappa shape index (κ2) is 4.58. The van der Waals surface area contributed by atoms with Crippen LogP contribution in [0.1, 0.15) is 24.2 Å². The number of nitrogens with zero attached hydrogens (tertiary/aromatic N) is 3. The summed E-state index contributed by atoms with van der Waals surface area (Å²) >= 11 is 3.48. The molecular weight excluding hydrogens is 290 g/mol. The smallest absolute Gasteiger partial charge is 0.162 e. The highest BCUT2D eigenvalue weighted by atomic mass is 79.9. The molecule has 0 radical (unpaired) electrons. The molecule has 0 saturated carbocycles. The molecule has 0 N–H and O–H groups in total. The summed E-state index contributed by atoms with van der Waals surface area (Å²) in [6.45, 7) is 0.964. The molecule has 0 bridgehead atoms. The second-order valence-corrected chi connectivity index (χ2v) is 5.38. The first-order chi connectivity index (χ1) is 8.79. The zero-order valence-electron chi connectivity index (χ0n) is 9.86. The molecule has 1 aromatic carbocycles. The number of nitriles is 1. The van der Waals surface area contributed by atoms with Gasteiger partial charge in [0.05, 0.1) is 5.69 Å². The number of aromatic nitrogens is 2. The summed E-state index contributed by atoms with van der Waals surface area (Å²) in [6.07, 6.45) is 3.28. The van der Waals surface area contributed by atoms with Gasteiger partial charge in [-0.3, -0.25) is 0 Å². The van der Waals surface area contributed by atoms with E-state index in [2.05, 4.69) is 31.6 Å². The number of rotatable bonds is 1. The van der Waals surface area contributed by atoms with Crippen LogP contribution in [-0.2, 0) is 13.0 Å². The number of imidazole rings is 1. The van der Waals surface area contributed by atoms with Crippen molar-refractivity contribution in [3.63, 3.8) is 0 Å². The molecule has 90 valence electrons. The fourth-order valence-electron chi connectivity index (χ4n) is 2.48. The average molecular weight is 302 g/mol. The van der Waals surface area contributed by atoms with Gasteiger partial charge in [0.25, 0.3) is 0 Å². The molecule has 2 aromatic rings. The highest BCUT2D eigenvalue weighted by Crippen LogP contribution is 2.28. The summed E-state index contributed by atoms with van der Waals surface area (Å²) in [5.41, 5.74) is 2.75. The first kappa shape index (κ1) is 11.5. The van der Waals surface area contributed by atoms with E-state index in [0.29, 0.717) is 5.69 Å². The van der Waals surface area contributed by atoms with Crippen LogP contribution >= 0.6 is 15.9 Å². The van der Waals surface area contributed by atoms with Crippen molar-refractivity contribution in [1.29, 1.82) is 5.26 Å². The highest BCUT2D eigenvalue weighted by Gasteiger charge is 2.20. The van der Waals surface area contributed by atoms with Crippen molar-refractivity contribution >= 4 is 15.9 Å². The largest absolute Gasteiger partial charge is 0.327 e. The lowest BCUT2D eigenvalue weighted by atomic mass is 10.1. The lowest BCUT2D eigenvalue weighted by Gasteiger charge is -2.16. The quantitative estimate of drug-likeness (QED) is 0.808. The van der Waals surface area contributed by atoms with Gasteiger partial charge < -0.3 is 4.57 Å². The maximum Gasteiger partial charge on any atom is 0.162 e. The van der Waals surface area contributed by atoms with Crippen LogP contribution in [-0.4, -0.2) is 9.55 Å². The van der Waals surface area contributed by atoms with E-state index < -0.39 is 0 Å². The lowest BCUT2D eigenvalue weighted by molar-refractivity contribution is 0.535. The Morgan fingerprint density at radius 1 is 1.33 bits per heavy atom. The third kappa shape index (κ3) is 1.85. The van der Waals surface area contributed by atoms with Gasteiger partial charge in [0, 0.05) is 16.6 Å². The molecular formula is C14H12BrN3. The lowest BCUT2D eigenvalue weighted by Crippen LogP contribution is -2.11. The Hall–Kier alpha value is -1.60. The number of fused-ring (bicyclic) bond motifs is 1. The standard InChI is InChI=1S/C14H12BrN3/c15-11-5-3-4-10(8-11)14-17-12(9-16)13-6-1-2-7-18(13)14/h3-5,8H,1-2,6-7H2. The maximum absolute atomic E-state index is 9.17. The van der Waals surface area contributed by atoms with E-state index in [1.807, 2.05) is 24.3 Å². The van der Waals surface area contributed by atoms with Gasteiger partial charge in [0.1, 0.15) is 11.9 Å². The molecule has 18 heavy (non-hydrogen) atoms. The van der Waals surface area contributed by atoms with Crippen LogP contribution in [0, 0.1) is 11.3 Å². The van der Waals surface area contributed by atoms with E-state index in [1.165, 1.54) is 0 Å². The van der Waals surface area contributed by atoms with Crippen LogP contribution in [0.25, 0.3) is 11.4 Å². The predicted octanol–water partition coefficient (Wildman–Crippen LogP) is 3.52. The summed E-state index contributed by atoms with van der Waals surface area (Å²) in [5, 5.41) is 9.17. The average Bonchev–Trinajstić information content (AvgIpc) is 2.77. The highest BCUT2D eigenvalue weighted by molar-refractivity contribution is 9.10. The Morgan fingerprint density at radius 3 is 3.00 bits per heavy atom. The van der Waals surface area contributed by atoms with Crippen molar-refractivity contribution in [2.75, 3.05) is 0 Å². The number of halogens is 1. The monoisotopic (exact) mass is 301 g/mol. The molecule has 4 heteroatoms. The molecule has 0 amide bonds. The molecule has 0 spiro atoms. The Labute approximate surface area is 114 Å². The van der Waals surface area contributed by atoms with E-state index in [4.69, 9.17) is 0 Å². The summed E-state index contributed by atoms with van der Waals surface area (Å²) in [5.74, 6) is 0.919. The third-order valence-corrected chi connectivity index (χ3v) is 3.80. The van der Waals surface area contributed by atoms with Crippen molar-refractivity contribution < 1.29 is 0 Å². The second-order valence-electron chi connectivity index (χ2n) is 4.46. The number of benzene rings is 1. The molecule has 0 atom stereocenters. The zero-order valence-corrected chi connectivity index (χ0v) is 11.4.